The van der Waals surface area contributed by atoms with Crippen LogP contribution in [-0.2, 0) is 9.05 Å². The Balaban J connectivity index is 2.29. The molecule has 1 aliphatic heterocycles. The summed E-state index contributed by atoms with van der Waals surface area (Å²) in [7, 11) is 3.93. The van der Waals surface area contributed by atoms with Gasteiger partial charge in [0.25, 0.3) is 0 Å². The minimum Gasteiger partial charge on any atom is -0.306 e. The van der Waals surface area contributed by atoms with Crippen LogP contribution in [0.2, 0.25) is 0 Å². The topological polar surface area (TPSA) is 37.4 Å². The highest BCUT2D eigenvalue weighted by atomic mass is 35.7. The maximum atomic E-state index is 10.7. The van der Waals surface area contributed by atoms with Gasteiger partial charge in [0.05, 0.1) is 5.75 Å². The SMILES string of the molecule is CN1CCCC(CCS(=O)(=O)Cl)C1. The van der Waals surface area contributed by atoms with Crippen LogP contribution in [0.25, 0.3) is 0 Å². The van der Waals surface area contributed by atoms with Gasteiger partial charge in [-0.25, -0.2) is 8.42 Å². The normalized spacial score (nSPS) is 26.2. The van der Waals surface area contributed by atoms with Gasteiger partial charge >= 0.3 is 0 Å². The molecule has 0 saturated carbocycles. The van der Waals surface area contributed by atoms with Crippen LogP contribution in [0, 0.1) is 5.92 Å². The van der Waals surface area contributed by atoms with Crippen LogP contribution in [-0.4, -0.2) is 39.2 Å². The van der Waals surface area contributed by atoms with Crippen molar-refractivity contribution in [2.45, 2.75) is 19.3 Å². The van der Waals surface area contributed by atoms with Gasteiger partial charge in [0.15, 0.2) is 0 Å². The first-order chi connectivity index (χ1) is 5.97. The molecule has 1 rings (SSSR count). The number of hydrogen-bond donors (Lipinski definition) is 0. The van der Waals surface area contributed by atoms with Crippen LogP contribution in [0.5, 0.6) is 0 Å². The summed E-state index contributed by atoms with van der Waals surface area (Å²) in [6, 6.07) is 0. The van der Waals surface area contributed by atoms with Crippen molar-refractivity contribution in [1.29, 1.82) is 0 Å². The van der Waals surface area contributed by atoms with E-state index in [0.717, 1.165) is 19.5 Å². The molecule has 1 aliphatic rings. The van der Waals surface area contributed by atoms with Gasteiger partial charge in [0.2, 0.25) is 9.05 Å². The Kier molecular flexibility index (Phi) is 4.01. The summed E-state index contributed by atoms with van der Waals surface area (Å²) in [4.78, 5) is 2.25. The van der Waals surface area contributed by atoms with Crippen LogP contribution in [0.4, 0.5) is 0 Å². The van der Waals surface area contributed by atoms with Crippen molar-refractivity contribution < 1.29 is 8.42 Å². The predicted octanol–water partition coefficient (Wildman–Crippen LogP) is 1.29. The fourth-order valence-corrected chi connectivity index (χ4v) is 2.70. The van der Waals surface area contributed by atoms with Crippen LogP contribution in [0.15, 0.2) is 0 Å². The number of nitrogens with zero attached hydrogens (tertiary/aromatic N) is 1. The molecule has 0 aromatic carbocycles. The van der Waals surface area contributed by atoms with Gasteiger partial charge in [-0.3, -0.25) is 0 Å². The van der Waals surface area contributed by atoms with Crippen LogP contribution < -0.4 is 0 Å². The Bertz CT molecular complexity index is 253. The molecule has 0 spiro atoms. The van der Waals surface area contributed by atoms with Crippen molar-refractivity contribution in [1.82, 2.24) is 4.90 Å². The largest absolute Gasteiger partial charge is 0.306 e. The van der Waals surface area contributed by atoms with Crippen molar-refractivity contribution >= 4 is 19.7 Å². The van der Waals surface area contributed by atoms with E-state index < -0.39 is 9.05 Å². The van der Waals surface area contributed by atoms with E-state index >= 15 is 0 Å². The second-order valence-electron chi connectivity index (χ2n) is 3.80. The molecule has 1 heterocycles. The van der Waals surface area contributed by atoms with E-state index in [4.69, 9.17) is 10.7 Å². The van der Waals surface area contributed by atoms with E-state index in [2.05, 4.69) is 11.9 Å². The molecule has 0 aromatic rings. The predicted molar refractivity (Wildman–Crippen MR) is 54.5 cm³/mol. The summed E-state index contributed by atoms with van der Waals surface area (Å²) in [6.45, 7) is 2.14. The Morgan fingerprint density at radius 2 is 2.23 bits per heavy atom. The molecule has 0 N–H and O–H groups in total. The standard InChI is InChI=1S/C8H16ClNO2S/c1-10-5-2-3-8(7-10)4-6-13(9,11)12/h8H,2-7H2,1H3. The van der Waals surface area contributed by atoms with Gasteiger partial charge in [0.1, 0.15) is 0 Å². The van der Waals surface area contributed by atoms with E-state index in [1.54, 1.807) is 0 Å². The molecular weight excluding hydrogens is 210 g/mol. The Morgan fingerprint density at radius 3 is 2.77 bits per heavy atom. The van der Waals surface area contributed by atoms with Gasteiger partial charge < -0.3 is 4.90 Å². The highest BCUT2D eigenvalue weighted by Crippen LogP contribution is 2.19. The average Bonchev–Trinajstić information content (AvgIpc) is 2.00. The molecule has 5 heteroatoms. The molecule has 3 nitrogen and oxygen atoms in total. The zero-order chi connectivity index (χ0) is 9.90. The third-order valence-corrected chi connectivity index (χ3v) is 3.68. The Labute approximate surface area is 84.5 Å². The molecule has 0 bridgehead atoms. The van der Waals surface area contributed by atoms with Crippen molar-refractivity contribution in [3.05, 3.63) is 0 Å². The number of halogens is 1. The van der Waals surface area contributed by atoms with Crippen molar-refractivity contribution in [2.75, 3.05) is 25.9 Å². The lowest BCUT2D eigenvalue weighted by Crippen LogP contribution is -2.32. The summed E-state index contributed by atoms with van der Waals surface area (Å²) in [6.07, 6.45) is 3.01. The van der Waals surface area contributed by atoms with Gasteiger partial charge in [0, 0.05) is 17.2 Å². The molecule has 0 radical (unpaired) electrons. The van der Waals surface area contributed by atoms with Crippen LogP contribution in [0.3, 0.4) is 0 Å². The lowest BCUT2D eigenvalue weighted by molar-refractivity contribution is 0.207. The fraction of sp³-hybridized carbons (Fsp3) is 1.00. The maximum absolute atomic E-state index is 10.7. The van der Waals surface area contributed by atoms with Gasteiger partial charge in [-0.05, 0) is 38.8 Å². The first kappa shape index (κ1) is 11.3. The number of likely N-dealkylation sites (tertiary alicyclic amines) is 1. The fourth-order valence-electron chi connectivity index (χ4n) is 1.82. The zero-order valence-electron chi connectivity index (χ0n) is 7.87. The summed E-state index contributed by atoms with van der Waals surface area (Å²) < 4.78 is 21.4. The number of rotatable bonds is 3. The van der Waals surface area contributed by atoms with Gasteiger partial charge in [-0.2, -0.15) is 0 Å². The highest BCUT2D eigenvalue weighted by molar-refractivity contribution is 8.13. The van der Waals surface area contributed by atoms with E-state index in [9.17, 15) is 8.42 Å². The second kappa shape index (κ2) is 4.62. The zero-order valence-corrected chi connectivity index (χ0v) is 9.44. The molecular formula is C8H16ClNO2S. The molecule has 1 saturated heterocycles. The van der Waals surface area contributed by atoms with Crippen molar-refractivity contribution in [2.24, 2.45) is 5.92 Å². The van der Waals surface area contributed by atoms with E-state index in [1.165, 1.54) is 6.42 Å². The Morgan fingerprint density at radius 1 is 1.54 bits per heavy atom. The van der Waals surface area contributed by atoms with Crippen LogP contribution >= 0.6 is 10.7 Å². The van der Waals surface area contributed by atoms with Gasteiger partial charge in [-0.15, -0.1) is 0 Å². The van der Waals surface area contributed by atoms with Crippen molar-refractivity contribution in [3.63, 3.8) is 0 Å². The molecule has 1 atom stereocenters. The number of piperidine rings is 1. The minimum atomic E-state index is -3.29. The monoisotopic (exact) mass is 225 g/mol. The number of hydrogen-bond acceptors (Lipinski definition) is 3. The molecule has 0 aliphatic carbocycles. The Hall–Kier alpha value is 0.200. The van der Waals surface area contributed by atoms with E-state index in [0.29, 0.717) is 12.3 Å². The molecule has 13 heavy (non-hydrogen) atoms. The second-order valence-corrected chi connectivity index (χ2v) is 6.70. The molecule has 1 fully saturated rings. The van der Waals surface area contributed by atoms with E-state index in [1.807, 2.05) is 0 Å². The summed E-state index contributed by atoms with van der Waals surface area (Å²) >= 11 is 0. The highest BCUT2D eigenvalue weighted by Gasteiger charge is 2.18. The van der Waals surface area contributed by atoms with E-state index in [-0.39, 0.29) is 5.75 Å². The third-order valence-electron chi connectivity index (χ3n) is 2.49. The smallest absolute Gasteiger partial charge is 0.232 e. The summed E-state index contributed by atoms with van der Waals surface area (Å²) in [5, 5.41) is 0. The summed E-state index contributed by atoms with van der Waals surface area (Å²) in [5.41, 5.74) is 0. The molecule has 0 aromatic heterocycles. The molecule has 78 valence electrons. The quantitative estimate of drug-likeness (QED) is 0.680. The minimum absolute atomic E-state index is 0.118. The third kappa shape index (κ3) is 4.84. The van der Waals surface area contributed by atoms with Crippen LogP contribution in [0.1, 0.15) is 19.3 Å². The maximum Gasteiger partial charge on any atom is 0.232 e. The summed E-state index contributed by atoms with van der Waals surface area (Å²) in [5.74, 6) is 0.625. The van der Waals surface area contributed by atoms with Gasteiger partial charge in [-0.1, -0.05) is 0 Å². The lowest BCUT2D eigenvalue weighted by Gasteiger charge is -2.29. The van der Waals surface area contributed by atoms with Crippen molar-refractivity contribution in [3.8, 4) is 0 Å². The first-order valence-corrected chi connectivity index (χ1v) is 7.06. The first-order valence-electron chi connectivity index (χ1n) is 4.58. The lowest BCUT2D eigenvalue weighted by atomic mass is 9.96. The molecule has 1 unspecified atom stereocenters. The molecule has 0 amide bonds. The average molecular weight is 226 g/mol.